The number of amides is 1. The molecule has 1 saturated carbocycles. The van der Waals surface area contributed by atoms with Crippen LogP contribution in [0, 0.1) is 5.82 Å². The van der Waals surface area contributed by atoms with Gasteiger partial charge in [0, 0.05) is 25.7 Å². The van der Waals surface area contributed by atoms with Crippen LogP contribution in [0.25, 0.3) is 0 Å². The molecular weight excluding hydrogens is 255 g/mol. The molecule has 1 aromatic carbocycles. The maximum absolute atomic E-state index is 13.1. The first-order valence-electron chi connectivity index (χ1n) is 7.28. The lowest BCUT2D eigenvalue weighted by Gasteiger charge is -2.40. The molecule has 1 aliphatic carbocycles. The Balaban J connectivity index is 1.81. The SMILES string of the molecule is CC1CN(C)CCN1C(=O)C1(c2ccc(F)cc2)CC1. The molecule has 4 heteroatoms. The molecule has 3 rings (SSSR count). The van der Waals surface area contributed by atoms with E-state index in [4.69, 9.17) is 0 Å². The maximum Gasteiger partial charge on any atom is 0.233 e. The summed E-state index contributed by atoms with van der Waals surface area (Å²) in [4.78, 5) is 17.2. The number of piperazine rings is 1. The van der Waals surface area contributed by atoms with E-state index in [9.17, 15) is 9.18 Å². The van der Waals surface area contributed by atoms with E-state index in [1.807, 2.05) is 4.90 Å². The van der Waals surface area contributed by atoms with Crippen LogP contribution in [0.5, 0.6) is 0 Å². The number of carbonyl (C=O) groups excluding carboxylic acids is 1. The summed E-state index contributed by atoms with van der Waals surface area (Å²) >= 11 is 0. The molecule has 0 spiro atoms. The molecular formula is C16H21FN2O. The Morgan fingerprint density at radius 1 is 1.25 bits per heavy atom. The van der Waals surface area contributed by atoms with Crippen molar-refractivity contribution >= 4 is 5.91 Å². The molecule has 0 aromatic heterocycles. The van der Waals surface area contributed by atoms with Gasteiger partial charge in [-0.3, -0.25) is 4.79 Å². The van der Waals surface area contributed by atoms with Gasteiger partial charge in [-0.15, -0.1) is 0 Å². The molecule has 20 heavy (non-hydrogen) atoms. The highest BCUT2D eigenvalue weighted by atomic mass is 19.1. The molecule has 0 N–H and O–H groups in total. The van der Waals surface area contributed by atoms with Crippen LogP contribution in [0.2, 0.25) is 0 Å². The summed E-state index contributed by atoms with van der Waals surface area (Å²) in [6.45, 7) is 4.74. The van der Waals surface area contributed by atoms with Crippen molar-refractivity contribution in [1.29, 1.82) is 0 Å². The van der Waals surface area contributed by atoms with Gasteiger partial charge >= 0.3 is 0 Å². The summed E-state index contributed by atoms with van der Waals surface area (Å²) in [7, 11) is 2.09. The van der Waals surface area contributed by atoms with E-state index in [1.165, 1.54) is 12.1 Å². The third-order valence-electron chi connectivity index (χ3n) is 4.65. The van der Waals surface area contributed by atoms with E-state index in [-0.39, 0.29) is 23.2 Å². The fourth-order valence-electron chi connectivity index (χ4n) is 3.24. The van der Waals surface area contributed by atoms with E-state index < -0.39 is 0 Å². The summed E-state index contributed by atoms with van der Waals surface area (Å²) in [6.07, 6.45) is 1.77. The molecule has 0 radical (unpaired) electrons. The number of carbonyl (C=O) groups is 1. The summed E-state index contributed by atoms with van der Waals surface area (Å²) in [6, 6.07) is 6.69. The largest absolute Gasteiger partial charge is 0.337 e. The van der Waals surface area contributed by atoms with Gasteiger partial charge in [-0.2, -0.15) is 0 Å². The Hall–Kier alpha value is -1.42. The second kappa shape index (κ2) is 4.85. The van der Waals surface area contributed by atoms with Gasteiger partial charge in [0.2, 0.25) is 5.91 Å². The highest BCUT2D eigenvalue weighted by molar-refractivity contribution is 5.91. The average molecular weight is 276 g/mol. The van der Waals surface area contributed by atoms with Crippen molar-refractivity contribution in [3.8, 4) is 0 Å². The molecule has 1 atom stereocenters. The van der Waals surface area contributed by atoms with Gasteiger partial charge in [-0.1, -0.05) is 12.1 Å². The molecule has 1 heterocycles. The third-order valence-corrected chi connectivity index (χ3v) is 4.65. The number of benzene rings is 1. The monoisotopic (exact) mass is 276 g/mol. The van der Waals surface area contributed by atoms with Crippen LogP contribution in [0.4, 0.5) is 4.39 Å². The predicted octanol–water partition coefficient (Wildman–Crippen LogP) is 2.02. The van der Waals surface area contributed by atoms with Crippen LogP contribution in [0.3, 0.4) is 0 Å². The summed E-state index contributed by atoms with van der Waals surface area (Å²) < 4.78 is 13.1. The second-order valence-electron chi connectivity index (χ2n) is 6.20. The van der Waals surface area contributed by atoms with E-state index in [0.717, 1.165) is 38.0 Å². The fourth-order valence-corrected chi connectivity index (χ4v) is 3.24. The Bertz CT molecular complexity index is 510. The zero-order valence-corrected chi connectivity index (χ0v) is 12.1. The van der Waals surface area contributed by atoms with Crippen molar-refractivity contribution in [2.24, 2.45) is 0 Å². The number of nitrogens with zero attached hydrogens (tertiary/aromatic N) is 2. The minimum Gasteiger partial charge on any atom is -0.337 e. The molecule has 1 saturated heterocycles. The van der Waals surface area contributed by atoms with Crippen molar-refractivity contribution in [1.82, 2.24) is 9.80 Å². The molecule has 1 aromatic rings. The molecule has 3 nitrogen and oxygen atoms in total. The number of hydrogen-bond acceptors (Lipinski definition) is 2. The quantitative estimate of drug-likeness (QED) is 0.825. The topological polar surface area (TPSA) is 23.6 Å². The highest BCUT2D eigenvalue weighted by Crippen LogP contribution is 2.50. The standard InChI is InChI=1S/C16H21FN2O/c1-12-11-18(2)9-10-19(12)15(20)16(7-8-16)13-3-5-14(17)6-4-13/h3-6,12H,7-11H2,1-2H3. The Morgan fingerprint density at radius 2 is 1.90 bits per heavy atom. The summed E-state index contributed by atoms with van der Waals surface area (Å²) in [5.74, 6) is -0.0188. The molecule has 1 amide bonds. The summed E-state index contributed by atoms with van der Waals surface area (Å²) in [5, 5.41) is 0. The second-order valence-corrected chi connectivity index (χ2v) is 6.20. The number of likely N-dealkylation sites (N-methyl/N-ethyl adjacent to an activating group) is 1. The maximum atomic E-state index is 13.1. The Kier molecular flexibility index (Phi) is 3.28. The van der Waals surface area contributed by atoms with Gasteiger partial charge in [0.25, 0.3) is 0 Å². The van der Waals surface area contributed by atoms with Crippen molar-refractivity contribution in [2.45, 2.75) is 31.2 Å². The molecule has 108 valence electrons. The normalized spacial score (nSPS) is 25.6. The van der Waals surface area contributed by atoms with Crippen LogP contribution in [-0.2, 0) is 10.2 Å². The zero-order chi connectivity index (χ0) is 14.3. The van der Waals surface area contributed by atoms with Gasteiger partial charge in [0.05, 0.1) is 5.41 Å². The van der Waals surface area contributed by atoms with Crippen LogP contribution in [0.1, 0.15) is 25.3 Å². The van der Waals surface area contributed by atoms with Crippen LogP contribution < -0.4 is 0 Å². The van der Waals surface area contributed by atoms with Gasteiger partial charge in [0.1, 0.15) is 5.82 Å². The minimum absolute atomic E-state index is 0.227. The number of halogens is 1. The average Bonchev–Trinajstić information content (AvgIpc) is 3.20. The Morgan fingerprint density at radius 3 is 2.45 bits per heavy atom. The Labute approximate surface area is 119 Å². The molecule has 1 aliphatic heterocycles. The highest BCUT2D eigenvalue weighted by Gasteiger charge is 2.53. The molecule has 2 fully saturated rings. The lowest BCUT2D eigenvalue weighted by atomic mass is 9.93. The van der Waals surface area contributed by atoms with Crippen molar-refractivity contribution < 1.29 is 9.18 Å². The van der Waals surface area contributed by atoms with E-state index in [0.29, 0.717) is 0 Å². The smallest absolute Gasteiger partial charge is 0.233 e. The number of hydrogen-bond donors (Lipinski definition) is 0. The van der Waals surface area contributed by atoms with E-state index >= 15 is 0 Å². The number of rotatable bonds is 2. The lowest BCUT2D eigenvalue weighted by molar-refractivity contribution is -0.138. The zero-order valence-electron chi connectivity index (χ0n) is 12.1. The first-order chi connectivity index (χ1) is 9.53. The van der Waals surface area contributed by atoms with Crippen molar-refractivity contribution in [2.75, 3.05) is 26.7 Å². The van der Waals surface area contributed by atoms with E-state index in [1.54, 1.807) is 12.1 Å². The van der Waals surface area contributed by atoms with Crippen LogP contribution in [0.15, 0.2) is 24.3 Å². The van der Waals surface area contributed by atoms with Gasteiger partial charge in [-0.05, 0) is 44.5 Å². The fraction of sp³-hybridized carbons (Fsp3) is 0.562. The van der Waals surface area contributed by atoms with Crippen LogP contribution >= 0.6 is 0 Å². The molecule has 0 bridgehead atoms. The van der Waals surface area contributed by atoms with Crippen molar-refractivity contribution in [3.63, 3.8) is 0 Å². The van der Waals surface area contributed by atoms with Gasteiger partial charge in [0.15, 0.2) is 0 Å². The van der Waals surface area contributed by atoms with E-state index in [2.05, 4.69) is 18.9 Å². The first-order valence-corrected chi connectivity index (χ1v) is 7.28. The molecule has 1 unspecified atom stereocenters. The predicted molar refractivity (Wildman–Crippen MR) is 76.0 cm³/mol. The summed E-state index contributed by atoms with van der Waals surface area (Å²) in [5.41, 5.74) is 0.591. The third kappa shape index (κ3) is 2.22. The molecule has 2 aliphatic rings. The van der Waals surface area contributed by atoms with Gasteiger partial charge in [-0.25, -0.2) is 4.39 Å². The van der Waals surface area contributed by atoms with Gasteiger partial charge < -0.3 is 9.80 Å². The van der Waals surface area contributed by atoms with Crippen LogP contribution in [-0.4, -0.2) is 48.4 Å². The lowest BCUT2D eigenvalue weighted by Crippen LogP contribution is -2.55. The first kappa shape index (κ1) is 13.6. The van der Waals surface area contributed by atoms with Crippen molar-refractivity contribution in [3.05, 3.63) is 35.6 Å². The minimum atomic E-state index is -0.377.